The first-order valence-corrected chi connectivity index (χ1v) is 11.3. The Balaban J connectivity index is 1.53. The highest BCUT2D eigenvalue weighted by molar-refractivity contribution is 5.91. The number of aromatic nitrogens is 6. The van der Waals surface area contributed by atoms with Crippen LogP contribution in [0.3, 0.4) is 0 Å². The van der Waals surface area contributed by atoms with Gasteiger partial charge in [0, 0.05) is 38.9 Å². The van der Waals surface area contributed by atoms with E-state index in [0.717, 1.165) is 23.0 Å². The third-order valence-corrected chi connectivity index (χ3v) is 6.42. The third-order valence-electron chi connectivity index (χ3n) is 6.42. The Morgan fingerprint density at radius 2 is 2.17 bits per heavy atom. The molecule has 0 radical (unpaired) electrons. The molecule has 1 aliphatic rings. The zero-order valence-electron chi connectivity index (χ0n) is 19.7. The van der Waals surface area contributed by atoms with E-state index >= 15 is 0 Å². The van der Waals surface area contributed by atoms with E-state index in [2.05, 4.69) is 33.4 Å². The summed E-state index contributed by atoms with van der Waals surface area (Å²) < 4.78 is 9.03. The molecule has 178 valence electrons. The van der Waals surface area contributed by atoms with Gasteiger partial charge < -0.3 is 19.9 Å². The van der Waals surface area contributed by atoms with E-state index in [1.54, 1.807) is 13.4 Å². The normalized spacial score (nSPS) is 17.6. The Hall–Kier alpha value is -4.23. The lowest BCUT2D eigenvalue weighted by Crippen LogP contribution is -2.35. The van der Waals surface area contributed by atoms with Crippen molar-refractivity contribution in [3.63, 3.8) is 0 Å². The Morgan fingerprint density at radius 1 is 1.31 bits per heavy atom. The van der Waals surface area contributed by atoms with Gasteiger partial charge in [0.15, 0.2) is 5.65 Å². The molecule has 2 N–H and O–H groups in total. The van der Waals surface area contributed by atoms with Gasteiger partial charge in [0.05, 0.1) is 28.8 Å². The highest BCUT2D eigenvalue weighted by atomic mass is 16.5. The van der Waals surface area contributed by atoms with E-state index in [-0.39, 0.29) is 18.0 Å². The number of hydrogen-bond acceptors (Lipinski definition) is 7. The average Bonchev–Trinajstić information content (AvgIpc) is 3.56. The molecule has 4 heterocycles. The molecule has 3 aromatic heterocycles. The second kappa shape index (κ2) is 9.19. The molecule has 1 aliphatic heterocycles. The number of benzene rings is 1. The van der Waals surface area contributed by atoms with Gasteiger partial charge in [-0.25, -0.2) is 19.6 Å². The van der Waals surface area contributed by atoms with Gasteiger partial charge in [-0.3, -0.25) is 4.79 Å². The number of likely N-dealkylation sites (tertiary alicyclic amines) is 1. The fourth-order valence-electron chi connectivity index (χ4n) is 4.66. The third kappa shape index (κ3) is 4.11. The van der Waals surface area contributed by atoms with Crippen LogP contribution >= 0.6 is 0 Å². The van der Waals surface area contributed by atoms with Crippen LogP contribution in [0.25, 0.3) is 22.1 Å². The molecule has 1 unspecified atom stereocenters. The number of carbonyl (C=O) groups is 1. The average molecular weight is 471 g/mol. The summed E-state index contributed by atoms with van der Waals surface area (Å²) in [5.74, 6) is 6.57. The monoisotopic (exact) mass is 470 g/mol. The molecule has 1 aromatic carbocycles. The minimum Gasteiger partial charge on any atom is -0.385 e. The number of fused-ring (bicyclic) bond motifs is 2. The minimum absolute atomic E-state index is 0.0176. The predicted molar refractivity (Wildman–Crippen MR) is 132 cm³/mol. The van der Waals surface area contributed by atoms with Crippen molar-refractivity contribution in [1.29, 1.82) is 0 Å². The Kier molecular flexibility index (Phi) is 5.93. The standard InChI is InChI=1S/C25H26N8O2/c1-4-22(34)32-13-18(12-17(32)9-10-35-3)33-25-23(24(26)27-14-28-25)20(30-33)8-6-16-5-7-19-21(11-16)31(2)15-29-19/h4-5,7,11,14-15,17-18H,1,9-10,12-13H2,2-3H3,(H2,26,27,28)/t17-,18?/m0/s1. The predicted octanol–water partition coefficient (Wildman–Crippen LogP) is 2.06. The van der Waals surface area contributed by atoms with Gasteiger partial charge in [0.2, 0.25) is 5.91 Å². The van der Waals surface area contributed by atoms with Crippen molar-refractivity contribution in [3.05, 3.63) is 54.8 Å². The van der Waals surface area contributed by atoms with Crippen LogP contribution in [0.4, 0.5) is 5.82 Å². The van der Waals surface area contributed by atoms with Gasteiger partial charge in [-0.15, -0.1) is 0 Å². The summed E-state index contributed by atoms with van der Waals surface area (Å²) in [6.07, 6.45) is 5.99. The molecule has 10 heteroatoms. The molecule has 1 fully saturated rings. The Bertz CT molecular complexity index is 1490. The number of nitrogens with two attached hydrogens (primary N) is 1. The van der Waals surface area contributed by atoms with Crippen LogP contribution in [0.2, 0.25) is 0 Å². The van der Waals surface area contributed by atoms with Gasteiger partial charge in [0.1, 0.15) is 17.8 Å². The molecule has 2 atom stereocenters. The summed E-state index contributed by atoms with van der Waals surface area (Å²) in [5, 5.41) is 5.41. The molecule has 0 spiro atoms. The SMILES string of the molecule is C=CC(=O)N1CC(n2nc(C#Cc3ccc4ncn(C)c4c3)c3c(N)ncnc32)C[C@@H]1CCOC. The zero-order valence-corrected chi connectivity index (χ0v) is 19.7. The molecule has 5 rings (SSSR count). The van der Waals surface area contributed by atoms with E-state index in [4.69, 9.17) is 15.6 Å². The fourth-order valence-corrected chi connectivity index (χ4v) is 4.66. The van der Waals surface area contributed by atoms with Crippen molar-refractivity contribution in [2.24, 2.45) is 7.05 Å². The molecule has 1 amide bonds. The van der Waals surface area contributed by atoms with Crippen LogP contribution in [0.1, 0.15) is 30.1 Å². The summed E-state index contributed by atoms with van der Waals surface area (Å²) in [7, 11) is 3.60. The van der Waals surface area contributed by atoms with E-state index in [1.807, 2.05) is 39.4 Å². The molecule has 0 saturated carbocycles. The van der Waals surface area contributed by atoms with Crippen molar-refractivity contribution >= 4 is 33.8 Å². The highest BCUT2D eigenvalue weighted by Crippen LogP contribution is 2.33. The van der Waals surface area contributed by atoms with Crippen molar-refractivity contribution in [3.8, 4) is 11.8 Å². The van der Waals surface area contributed by atoms with Crippen LogP contribution in [0.15, 0.2) is 43.5 Å². The zero-order chi connectivity index (χ0) is 24.5. The summed E-state index contributed by atoms with van der Waals surface area (Å²) in [6.45, 7) is 4.70. The van der Waals surface area contributed by atoms with Crippen LogP contribution in [-0.4, -0.2) is 66.4 Å². The Morgan fingerprint density at radius 3 is 2.97 bits per heavy atom. The maximum absolute atomic E-state index is 12.5. The number of imidazole rings is 1. The van der Waals surface area contributed by atoms with Gasteiger partial charge >= 0.3 is 0 Å². The van der Waals surface area contributed by atoms with Gasteiger partial charge in [-0.05, 0) is 43.0 Å². The number of amides is 1. The van der Waals surface area contributed by atoms with Gasteiger partial charge in [-0.2, -0.15) is 5.10 Å². The molecule has 4 aromatic rings. The number of anilines is 1. The number of aryl methyl sites for hydroxylation is 1. The number of rotatable bonds is 5. The number of carbonyl (C=O) groups excluding carboxylic acids is 1. The van der Waals surface area contributed by atoms with Crippen LogP contribution in [0.5, 0.6) is 0 Å². The lowest BCUT2D eigenvalue weighted by Gasteiger charge is -2.22. The van der Waals surface area contributed by atoms with Crippen molar-refractivity contribution < 1.29 is 9.53 Å². The summed E-state index contributed by atoms with van der Waals surface area (Å²) in [4.78, 5) is 27.3. The van der Waals surface area contributed by atoms with Crippen LogP contribution < -0.4 is 5.73 Å². The van der Waals surface area contributed by atoms with Gasteiger partial charge in [0.25, 0.3) is 0 Å². The van der Waals surface area contributed by atoms with E-state index in [0.29, 0.717) is 42.1 Å². The first-order valence-electron chi connectivity index (χ1n) is 11.3. The second-order valence-corrected chi connectivity index (χ2v) is 8.58. The molecule has 0 aliphatic carbocycles. The molecule has 0 bridgehead atoms. The van der Waals surface area contributed by atoms with Crippen molar-refractivity contribution in [2.75, 3.05) is 26.0 Å². The molecule has 10 nitrogen and oxygen atoms in total. The highest BCUT2D eigenvalue weighted by Gasteiger charge is 2.36. The number of methoxy groups -OCH3 is 1. The summed E-state index contributed by atoms with van der Waals surface area (Å²) in [5.41, 5.74) is 10.1. The molecular formula is C25H26N8O2. The molecule has 1 saturated heterocycles. The summed E-state index contributed by atoms with van der Waals surface area (Å²) in [6, 6.07) is 5.79. The lowest BCUT2D eigenvalue weighted by atomic mass is 10.1. The Labute approximate surface area is 202 Å². The maximum Gasteiger partial charge on any atom is 0.246 e. The number of hydrogen-bond donors (Lipinski definition) is 1. The first kappa shape index (κ1) is 22.6. The molecule has 35 heavy (non-hydrogen) atoms. The minimum atomic E-state index is -0.107. The van der Waals surface area contributed by atoms with Crippen LogP contribution in [0, 0.1) is 11.8 Å². The topological polar surface area (TPSA) is 117 Å². The van der Waals surface area contributed by atoms with Crippen LogP contribution in [-0.2, 0) is 16.6 Å². The first-order chi connectivity index (χ1) is 17.0. The van der Waals surface area contributed by atoms with Gasteiger partial charge in [-0.1, -0.05) is 12.5 Å². The lowest BCUT2D eigenvalue weighted by molar-refractivity contribution is -0.127. The van der Waals surface area contributed by atoms with E-state index in [9.17, 15) is 4.79 Å². The quantitative estimate of drug-likeness (QED) is 0.350. The van der Waals surface area contributed by atoms with E-state index < -0.39 is 0 Å². The fraction of sp³-hybridized carbons (Fsp3) is 0.320. The van der Waals surface area contributed by atoms with Crippen molar-refractivity contribution in [2.45, 2.75) is 24.9 Å². The largest absolute Gasteiger partial charge is 0.385 e. The summed E-state index contributed by atoms with van der Waals surface area (Å²) >= 11 is 0. The number of nitrogen functional groups attached to an aromatic ring is 1. The maximum atomic E-state index is 12.5. The molecular weight excluding hydrogens is 444 g/mol. The second-order valence-electron chi connectivity index (χ2n) is 8.58. The van der Waals surface area contributed by atoms with Crippen molar-refractivity contribution in [1.82, 2.24) is 34.2 Å². The smallest absolute Gasteiger partial charge is 0.246 e. The van der Waals surface area contributed by atoms with E-state index in [1.165, 1.54) is 12.4 Å². The number of ether oxygens (including phenoxy) is 1. The number of nitrogens with zero attached hydrogens (tertiary/aromatic N) is 7.